The third kappa shape index (κ3) is 5.69. The minimum absolute atomic E-state index is 0.559. The van der Waals surface area contributed by atoms with Gasteiger partial charge in [0.1, 0.15) is 22.3 Å². The fourth-order valence-electron chi connectivity index (χ4n) is 9.37. The summed E-state index contributed by atoms with van der Waals surface area (Å²) < 4.78 is 15.3. The first-order chi connectivity index (χ1) is 31.2. The third-order valence-electron chi connectivity index (χ3n) is 12.3. The Kier molecular flexibility index (Phi) is 7.80. The molecule has 6 heteroatoms. The molecule has 0 amide bonds. The number of hydrogen-bond donors (Lipinski definition) is 0. The maximum atomic E-state index is 6.72. The summed E-state index contributed by atoms with van der Waals surface area (Å²) in [5.74, 6) is 1.71. The second-order valence-corrected chi connectivity index (χ2v) is 15.9. The fraction of sp³-hybridized carbons (Fsp3) is 0. The van der Waals surface area contributed by atoms with Crippen molar-refractivity contribution in [3.63, 3.8) is 0 Å². The molecule has 4 aromatic heterocycles. The van der Waals surface area contributed by atoms with Crippen molar-refractivity contribution < 1.29 is 8.83 Å². The molecule has 9 aromatic carbocycles. The van der Waals surface area contributed by atoms with E-state index in [-0.39, 0.29) is 0 Å². The van der Waals surface area contributed by atoms with E-state index in [2.05, 4.69) is 150 Å². The van der Waals surface area contributed by atoms with Gasteiger partial charge in [-0.05, 0) is 89.0 Å². The van der Waals surface area contributed by atoms with Crippen LogP contribution in [0.15, 0.2) is 215 Å². The molecular formula is C57H34N4O2. The molecule has 63 heavy (non-hydrogen) atoms. The van der Waals surface area contributed by atoms with Crippen molar-refractivity contribution in [2.24, 2.45) is 0 Å². The van der Waals surface area contributed by atoms with E-state index >= 15 is 0 Å². The lowest BCUT2D eigenvalue weighted by Gasteiger charge is -2.12. The van der Waals surface area contributed by atoms with Crippen molar-refractivity contribution in [1.82, 2.24) is 19.5 Å². The van der Waals surface area contributed by atoms with E-state index < -0.39 is 0 Å². The van der Waals surface area contributed by atoms with Crippen LogP contribution < -0.4 is 0 Å². The molecule has 0 aliphatic rings. The molecule has 294 valence electrons. The maximum Gasteiger partial charge on any atom is 0.164 e. The molecule has 13 rings (SSSR count). The topological polar surface area (TPSA) is 69.9 Å². The minimum atomic E-state index is 0.559. The average molecular weight is 807 g/mol. The predicted molar refractivity (Wildman–Crippen MR) is 256 cm³/mol. The number of aromatic nitrogens is 4. The molecule has 0 saturated carbocycles. The van der Waals surface area contributed by atoms with Crippen LogP contribution in [0.5, 0.6) is 0 Å². The van der Waals surface area contributed by atoms with Gasteiger partial charge in [-0.3, -0.25) is 0 Å². The van der Waals surface area contributed by atoms with Gasteiger partial charge in [0, 0.05) is 54.7 Å². The Morgan fingerprint density at radius 3 is 1.48 bits per heavy atom. The second-order valence-electron chi connectivity index (χ2n) is 15.9. The van der Waals surface area contributed by atoms with Crippen LogP contribution in [0, 0.1) is 0 Å². The maximum absolute atomic E-state index is 6.72. The van der Waals surface area contributed by atoms with Crippen molar-refractivity contribution in [2.45, 2.75) is 0 Å². The van der Waals surface area contributed by atoms with E-state index in [9.17, 15) is 0 Å². The number of para-hydroxylation sites is 3. The number of rotatable bonds is 6. The molecule has 0 aliphatic carbocycles. The Morgan fingerprint density at radius 1 is 0.302 bits per heavy atom. The summed E-state index contributed by atoms with van der Waals surface area (Å²) in [4.78, 5) is 15.1. The molecule has 0 spiro atoms. The van der Waals surface area contributed by atoms with E-state index in [0.29, 0.717) is 17.5 Å². The van der Waals surface area contributed by atoms with Gasteiger partial charge < -0.3 is 13.4 Å². The number of benzene rings is 9. The molecule has 4 heterocycles. The van der Waals surface area contributed by atoms with Crippen molar-refractivity contribution in [2.75, 3.05) is 0 Å². The minimum Gasteiger partial charge on any atom is -0.456 e. The van der Waals surface area contributed by atoms with Crippen LogP contribution in [0.25, 0.3) is 128 Å². The van der Waals surface area contributed by atoms with Crippen molar-refractivity contribution in [3.05, 3.63) is 206 Å². The molecule has 0 saturated heterocycles. The van der Waals surface area contributed by atoms with Crippen LogP contribution in [0.3, 0.4) is 0 Å². The van der Waals surface area contributed by atoms with Crippen LogP contribution in [0.1, 0.15) is 0 Å². The van der Waals surface area contributed by atoms with Crippen molar-refractivity contribution in [3.8, 4) is 62.1 Å². The van der Waals surface area contributed by atoms with Gasteiger partial charge >= 0.3 is 0 Å². The lowest BCUT2D eigenvalue weighted by Crippen LogP contribution is -2.00. The van der Waals surface area contributed by atoms with Crippen LogP contribution >= 0.6 is 0 Å². The normalized spacial score (nSPS) is 11.8. The summed E-state index contributed by atoms with van der Waals surface area (Å²) in [7, 11) is 0. The molecule has 0 bridgehead atoms. The Bertz CT molecular complexity index is 3920. The second kappa shape index (κ2) is 14.0. The molecule has 0 radical (unpaired) electrons. The van der Waals surface area contributed by atoms with Gasteiger partial charge in [-0.1, -0.05) is 140 Å². The third-order valence-corrected chi connectivity index (χ3v) is 12.3. The smallest absolute Gasteiger partial charge is 0.164 e. The van der Waals surface area contributed by atoms with E-state index in [4.69, 9.17) is 23.8 Å². The molecule has 0 N–H and O–H groups in total. The van der Waals surface area contributed by atoms with E-state index in [1.165, 1.54) is 27.4 Å². The molecule has 0 unspecified atom stereocenters. The average Bonchev–Trinajstić information content (AvgIpc) is 4.03. The summed E-state index contributed by atoms with van der Waals surface area (Å²) in [6.07, 6.45) is 0. The highest BCUT2D eigenvalue weighted by atomic mass is 16.3. The first-order valence-corrected chi connectivity index (χ1v) is 21.1. The largest absolute Gasteiger partial charge is 0.456 e. The SMILES string of the molecule is c1ccc(-c2nc(-c3ccc4c(c3)oc3ccccc34)nc(-c3ccc4c(c3)oc3cc(-c5ccccc5-c5cccc6c5c5ccccc5n6-c5ccccc5)ccc34)n2)cc1. The van der Waals surface area contributed by atoms with Gasteiger partial charge in [-0.25, -0.2) is 15.0 Å². The number of hydrogen-bond acceptors (Lipinski definition) is 5. The standard InChI is InChI=1S/C57H34N4O2/c1-3-14-35(15-4-1)55-58-56(37-27-30-43-42-20-10-12-25-50(42)62-52(43)33-37)60-57(59-55)38-28-31-45-44-29-26-36(32-51(44)63-53(45)34-38)40-18-7-8-19-41(40)46-22-13-24-49-54(46)47-21-9-11-23-48(47)61(49)39-16-5-2-6-17-39/h1-34H. The van der Waals surface area contributed by atoms with E-state index in [1.54, 1.807) is 0 Å². The van der Waals surface area contributed by atoms with Gasteiger partial charge in [0.2, 0.25) is 0 Å². The zero-order valence-corrected chi connectivity index (χ0v) is 33.7. The highest BCUT2D eigenvalue weighted by Crippen LogP contribution is 2.43. The summed E-state index contributed by atoms with van der Waals surface area (Å²) >= 11 is 0. The molecule has 13 aromatic rings. The summed E-state index contributed by atoms with van der Waals surface area (Å²) in [6.45, 7) is 0. The predicted octanol–water partition coefficient (Wildman–Crippen LogP) is 15.1. The summed E-state index contributed by atoms with van der Waals surface area (Å²) in [5.41, 5.74) is 13.9. The highest BCUT2D eigenvalue weighted by Gasteiger charge is 2.20. The first kappa shape index (κ1) is 35.2. The van der Waals surface area contributed by atoms with Crippen LogP contribution in [0.4, 0.5) is 0 Å². The summed E-state index contributed by atoms with van der Waals surface area (Å²) in [5, 5.41) is 6.66. The van der Waals surface area contributed by atoms with E-state index in [0.717, 1.165) is 82.9 Å². The monoisotopic (exact) mass is 806 g/mol. The molecule has 0 atom stereocenters. The Morgan fingerprint density at radius 2 is 0.778 bits per heavy atom. The lowest BCUT2D eigenvalue weighted by atomic mass is 9.91. The highest BCUT2D eigenvalue weighted by molar-refractivity contribution is 6.17. The number of fused-ring (bicyclic) bond motifs is 9. The number of nitrogens with zero attached hydrogens (tertiary/aromatic N) is 4. The van der Waals surface area contributed by atoms with Gasteiger partial charge in [-0.15, -0.1) is 0 Å². The van der Waals surface area contributed by atoms with Crippen molar-refractivity contribution in [1.29, 1.82) is 0 Å². The Balaban J connectivity index is 0.921. The Hall–Kier alpha value is -8.61. The van der Waals surface area contributed by atoms with Gasteiger partial charge in [0.05, 0.1) is 11.0 Å². The van der Waals surface area contributed by atoms with Crippen LogP contribution in [-0.4, -0.2) is 19.5 Å². The lowest BCUT2D eigenvalue weighted by molar-refractivity contribution is 0.669. The van der Waals surface area contributed by atoms with Crippen LogP contribution in [-0.2, 0) is 0 Å². The first-order valence-electron chi connectivity index (χ1n) is 21.1. The fourth-order valence-corrected chi connectivity index (χ4v) is 9.37. The quantitative estimate of drug-likeness (QED) is 0.167. The van der Waals surface area contributed by atoms with Gasteiger partial charge in [0.15, 0.2) is 17.5 Å². The number of furan rings is 2. The van der Waals surface area contributed by atoms with Crippen molar-refractivity contribution >= 4 is 65.7 Å². The van der Waals surface area contributed by atoms with E-state index in [1.807, 2.05) is 60.7 Å². The zero-order valence-electron chi connectivity index (χ0n) is 33.7. The molecule has 0 aliphatic heterocycles. The van der Waals surface area contributed by atoms with Crippen LogP contribution in [0.2, 0.25) is 0 Å². The van der Waals surface area contributed by atoms with Gasteiger partial charge in [-0.2, -0.15) is 0 Å². The molecular weight excluding hydrogens is 773 g/mol. The molecule has 6 nitrogen and oxygen atoms in total. The summed E-state index contributed by atoms with van der Waals surface area (Å²) in [6, 6.07) is 71.7. The zero-order chi connectivity index (χ0) is 41.4. The molecule has 0 fully saturated rings. The van der Waals surface area contributed by atoms with Gasteiger partial charge in [0.25, 0.3) is 0 Å². The Labute approximate surface area is 361 Å².